The zero-order chi connectivity index (χ0) is 14.4. The van der Waals surface area contributed by atoms with Gasteiger partial charge < -0.3 is 14.8 Å². The number of ether oxygens (including phenoxy) is 2. The van der Waals surface area contributed by atoms with Crippen molar-refractivity contribution < 1.29 is 9.47 Å². The quantitative estimate of drug-likeness (QED) is 0.871. The van der Waals surface area contributed by atoms with Crippen LogP contribution in [0.1, 0.15) is 19.4 Å². The van der Waals surface area contributed by atoms with Crippen LogP contribution in [-0.4, -0.2) is 28.2 Å². The van der Waals surface area contributed by atoms with Gasteiger partial charge in [0.15, 0.2) is 0 Å². The molecule has 0 unspecified atom stereocenters. The van der Waals surface area contributed by atoms with Crippen LogP contribution in [0.3, 0.4) is 0 Å². The van der Waals surface area contributed by atoms with E-state index in [1.165, 1.54) is 0 Å². The van der Waals surface area contributed by atoms with Gasteiger partial charge in [-0.1, -0.05) is 6.07 Å². The molecule has 0 aliphatic heterocycles. The summed E-state index contributed by atoms with van der Waals surface area (Å²) in [5, 5.41) is 3.13. The molecule has 0 amide bonds. The van der Waals surface area contributed by atoms with Gasteiger partial charge in [0.2, 0.25) is 17.7 Å². The minimum Gasteiger partial charge on any atom is -0.481 e. The maximum atomic E-state index is 5.52. The second kappa shape index (κ2) is 6.70. The fourth-order valence-electron chi connectivity index (χ4n) is 1.55. The summed E-state index contributed by atoms with van der Waals surface area (Å²) in [6.07, 6.45) is 3.50. The SMILES string of the molecule is COc1ccc(CNc2nccc(OC(C)C)n2)cn1. The lowest BCUT2D eigenvalue weighted by Gasteiger charge is -2.10. The van der Waals surface area contributed by atoms with Crippen LogP contribution >= 0.6 is 0 Å². The molecule has 0 radical (unpaired) electrons. The molecule has 2 heterocycles. The zero-order valence-electron chi connectivity index (χ0n) is 11.8. The minimum atomic E-state index is 0.0866. The molecule has 2 aromatic rings. The van der Waals surface area contributed by atoms with E-state index < -0.39 is 0 Å². The molecule has 0 saturated heterocycles. The number of rotatable bonds is 6. The summed E-state index contributed by atoms with van der Waals surface area (Å²) >= 11 is 0. The normalized spacial score (nSPS) is 10.4. The molecule has 0 fully saturated rings. The van der Waals surface area contributed by atoms with Crippen molar-refractivity contribution in [3.8, 4) is 11.8 Å². The lowest BCUT2D eigenvalue weighted by atomic mass is 10.3. The van der Waals surface area contributed by atoms with Crippen LogP contribution in [0.15, 0.2) is 30.6 Å². The smallest absolute Gasteiger partial charge is 0.226 e. The summed E-state index contributed by atoms with van der Waals surface area (Å²) in [6.45, 7) is 4.50. The van der Waals surface area contributed by atoms with Crippen LogP contribution in [-0.2, 0) is 6.54 Å². The maximum absolute atomic E-state index is 5.52. The number of nitrogens with one attached hydrogen (secondary N) is 1. The Labute approximate surface area is 118 Å². The number of anilines is 1. The van der Waals surface area contributed by atoms with Crippen molar-refractivity contribution in [3.63, 3.8) is 0 Å². The third kappa shape index (κ3) is 4.08. The molecule has 1 N–H and O–H groups in total. The molecule has 20 heavy (non-hydrogen) atoms. The van der Waals surface area contributed by atoms with Gasteiger partial charge in [0.1, 0.15) is 0 Å². The Morgan fingerprint density at radius 2 is 2.00 bits per heavy atom. The Bertz CT molecular complexity index is 543. The second-order valence-electron chi connectivity index (χ2n) is 4.45. The van der Waals surface area contributed by atoms with Crippen LogP contribution in [0, 0.1) is 0 Å². The summed E-state index contributed by atoms with van der Waals surface area (Å²) in [5.41, 5.74) is 1.02. The van der Waals surface area contributed by atoms with Crippen molar-refractivity contribution in [2.45, 2.75) is 26.5 Å². The fraction of sp³-hybridized carbons (Fsp3) is 0.357. The molecule has 0 aliphatic carbocycles. The van der Waals surface area contributed by atoms with Crippen LogP contribution in [0.4, 0.5) is 5.95 Å². The van der Waals surface area contributed by atoms with E-state index in [-0.39, 0.29) is 6.10 Å². The largest absolute Gasteiger partial charge is 0.481 e. The van der Waals surface area contributed by atoms with Gasteiger partial charge >= 0.3 is 0 Å². The Kier molecular flexibility index (Phi) is 4.70. The molecule has 2 rings (SSSR count). The first-order valence-corrected chi connectivity index (χ1v) is 6.40. The summed E-state index contributed by atoms with van der Waals surface area (Å²) in [4.78, 5) is 12.6. The van der Waals surface area contributed by atoms with Gasteiger partial charge in [-0.2, -0.15) is 4.98 Å². The average molecular weight is 274 g/mol. The first-order chi connectivity index (χ1) is 9.67. The van der Waals surface area contributed by atoms with Gasteiger partial charge in [0.25, 0.3) is 0 Å². The van der Waals surface area contributed by atoms with Gasteiger partial charge in [0, 0.05) is 31.1 Å². The van der Waals surface area contributed by atoms with Crippen LogP contribution < -0.4 is 14.8 Å². The van der Waals surface area contributed by atoms with E-state index in [2.05, 4.69) is 20.3 Å². The zero-order valence-corrected chi connectivity index (χ0v) is 11.8. The Balaban J connectivity index is 1.95. The molecule has 6 heteroatoms. The number of hydrogen-bond acceptors (Lipinski definition) is 6. The molecule has 106 valence electrons. The molecule has 0 aliphatic rings. The van der Waals surface area contributed by atoms with E-state index in [1.807, 2.05) is 26.0 Å². The molecule has 0 aromatic carbocycles. The van der Waals surface area contributed by atoms with Gasteiger partial charge in [-0.3, -0.25) is 0 Å². The lowest BCUT2D eigenvalue weighted by Crippen LogP contribution is -2.09. The van der Waals surface area contributed by atoms with Crippen molar-refractivity contribution in [3.05, 3.63) is 36.2 Å². The molecule has 0 saturated carbocycles. The van der Waals surface area contributed by atoms with E-state index in [1.54, 1.807) is 25.6 Å². The molecular weight excluding hydrogens is 256 g/mol. The number of nitrogens with zero attached hydrogens (tertiary/aromatic N) is 3. The highest BCUT2D eigenvalue weighted by Crippen LogP contribution is 2.12. The number of methoxy groups -OCH3 is 1. The van der Waals surface area contributed by atoms with Gasteiger partial charge in [-0.25, -0.2) is 9.97 Å². The van der Waals surface area contributed by atoms with Crippen molar-refractivity contribution >= 4 is 5.95 Å². The Morgan fingerprint density at radius 3 is 2.65 bits per heavy atom. The summed E-state index contributed by atoms with van der Waals surface area (Å²) in [6, 6.07) is 5.49. The molecule has 6 nitrogen and oxygen atoms in total. The highest BCUT2D eigenvalue weighted by Gasteiger charge is 2.02. The van der Waals surface area contributed by atoms with Crippen molar-refractivity contribution in [1.82, 2.24) is 15.0 Å². The van der Waals surface area contributed by atoms with Crippen LogP contribution in [0.2, 0.25) is 0 Å². The highest BCUT2D eigenvalue weighted by atomic mass is 16.5. The third-order valence-electron chi connectivity index (χ3n) is 2.44. The Hall–Kier alpha value is -2.37. The lowest BCUT2D eigenvalue weighted by molar-refractivity contribution is 0.232. The van der Waals surface area contributed by atoms with Gasteiger partial charge in [-0.05, 0) is 19.4 Å². The molecule has 2 aromatic heterocycles. The number of hydrogen-bond donors (Lipinski definition) is 1. The Morgan fingerprint density at radius 1 is 1.15 bits per heavy atom. The van der Waals surface area contributed by atoms with Gasteiger partial charge in [-0.15, -0.1) is 0 Å². The molecule has 0 spiro atoms. The summed E-state index contributed by atoms with van der Waals surface area (Å²) in [7, 11) is 1.59. The second-order valence-corrected chi connectivity index (χ2v) is 4.45. The molecule has 0 atom stereocenters. The van der Waals surface area contributed by atoms with Crippen LogP contribution in [0.5, 0.6) is 11.8 Å². The topological polar surface area (TPSA) is 69.2 Å². The summed E-state index contributed by atoms with van der Waals surface area (Å²) < 4.78 is 10.5. The highest BCUT2D eigenvalue weighted by molar-refractivity contribution is 5.29. The van der Waals surface area contributed by atoms with Crippen molar-refractivity contribution in [2.24, 2.45) is 0 Å². The van der Waals surface area contributed by atoms with E-state index in [4.69, 9.17) is 9.47 Å². The molecular formula is C14H18N4O2. The van der Waals surface area contributed by atoms with E-state index in [9.17, 15) is 0 Å². The van der Waals surface area contributed by atoms with Crippen molar-refractivity contribution in [2.75, 3.05) is 12.4 Å². The predicted molar refractivity (Wildman–Crippen MR) is 75.9 cm³/mol. The number of pyridine rings is 1. The summed E-state index contributed by atoms with van der Waals surface area (Å²) in [5.74, 6) is 1.68. The minimum absolute atomic E-state index is 0.0866. The average Bonchev–Trinajstić information content (AvgIpc) is 2.45. The van der Waals surface area contributed by atoms with Crippen LogP contribution in [0.25, 0.3) is 0 Å². The predicted octanol–water partition coefficient (Wildman–Crippen LogP) is 2.28. The van der Waals surface area contributed by atoms with Gasteiger partial charge in [0.05, 0.1) is 13.2 Å². The third-order valence-corrected chi connectivity index (χ3v) is 2.44. The first-order valence-electron chi connectivity index (χ1n) is 6.40. The monoisotopic (exact) mass is 274 g/mol. The van der Waals surface area contributed by atoms with E-state index in [0.29, 0.717) is 24.3 Å². The standard InChI is InChI=1S/C14H18N4O2/c1-10(2)20-13-6-7-15-14(18-13)17-9-11-4-5-12(19-3)16-8-11/h4-8,10H,9H2,1-3H3,(H,15,17,18). The van der Waals surface area contributed by atoms with E-state index >= 15 is 0 Å². The number of aromatic nitrogens is 3. The maximum Gasteiger partial charge on any atom is 0.226 e. The van der Waals surface area contributed by atoms with Crippen molar-refractivity contribution in [1.29, 1.82) is 0 Å². The van der Waals surface area contributed by atoms with E-state index in [0.717, 1.165) is 5.56 Å². The first kappa shape index (κ1) is 14.0. The molecule has 0 bridgehead atoms. The fourth-order valence-corrected chi connectivity index (χ4v) is 1.55.